The Morgan fingerprint density at radius 3 is 2.12 bits per heavy atom. The summed E-state index contributed by atoms with van der Waals surface area (Å²) in [4.78, 5) is 11.2. The summed E-state index contributed by atoms with van der Waals surface area (Å²) in [5.41, 5.74) is 0. The molecule has 0 heterocycles. The van der Waals surface area contributed by atoms with Crippen LogP contribution in [0.15, 0.2) is 12.7 Å². The minimum Gasteiger partial charge on any atom is -0.463 e. The summed E-state index contributed by atoms with van der Waals surface area (Å²) in [6.07, 6.45) is 10.1. The van der Waals surface area contributed by atoms with Crippen LogP contribution in [-0.4, -0.2) is 39.9 Å². The minimum absolute atomic E-state index is 0.0566. The van der Waals surface area contributed by atoms with Gasteiger partial charge in [0.25, 0.3) is 5.97 Å². The number of methoxy groups -OCH3 is 3. The average Bonchev–Trinajstić information content (AvgIpc) is 2.64. The molecule has 0 saturated heterocycles. The minimum atomic E-state index is -1.06. The molecule has 0 rings (SSSR count). The number of hydrogen-bond acceptors (Lipinski definition) is 5. The first-order valence-electron chi connectivity index (χ1n) is 9.45. The van der Waals surface area contributed by atoms with Gasteiger partial charge < -0.3 is 18.9 Å². The van der Waals surface area contributed by atoms with E-state index in [1.807, 2.05) is 0 Å². The standard InChI is InChI=1S/C20H38O5/c1-7-9-10-11-12-14-17(3)18(20(22-4,23-5)24-6)15-13-16-25-19(21)8-2/h8,17-18H,2,7,9-16H2,1,3-6H3. The Balaban J connectivity index is 4.70. The summed E-state index contributed by atoms with van der Waals surface area (Å²) in [6, 6.07) is 0. The number of rotatable bonds is 16. The van der Waals surface area contributed by atoms with Crippen LogP contribution in [0.4, 0.5) is 0 Å². The summed E-state index contributed by atoms with van der Waals surface area (Å²) >= 11 is 0. The molecule has 25 heavy (non-hydrogen) atoms. The van der Waals surface area contributed by atoms with E-state index in [9.17, 15) is 4.79 Å². The Kier molecular flexibility index (Phi) is 13.8. The van der Waals surface area contributed by atoms with Crippen LogP contribution in [0.1, 0.15) is 65.2 Å². The van der Waals surface area contributed by atoms with Crippen LogP contribution >= 0.6 is 0 Å². The van der Waals surface area contributed by atoms with Gasteiger partial charge in [0.1, 0.15) is 0 Å². The lowest BCUT2D eigenvalue weighted by molar-refractivity contribution is -0.385. The molecule has 0 amide bonds. The van der Waals surface area contributed by atoms with Crippen molar-refractivity contribution in [1.82, 2.24) is 0 Å². The van der Waals surface area contributed by atoms with E-state index < -0.39 is 11.9 Å². The number of esters is 1. The molecule has 2 unspecified atom stereocenters. The zero-order valence-electron chi connectivity index (χ0n) is 16.8. The second kappa shape index (κ2) is 14.3. The van der Waals surface area contributed by atoms with Gasteiger partial charge in [-0.15, -0.1) is 0 Å². The first kappa shape index (κ1) is 24.1. The predicted molar refractivity (Wildman–Crippen MR) is 100 cm³/mol. The molecule has 0 aromatic heterocycles. The maximum absolute atomic E-state index is 11.2. The van der Waals surface area contributed by atoms with E-state index in [2.05, 4.69) is 20.4 Å². The Bertz CT molecular complexity index is 344. The highest BCUT2D eigenvalue weighted by Crippen LogP contribution is 2.36. The van der Waals surface area contributed by atoms with Gasteiger partial charge in [0, 0.05) is 33.3 Å². The van der Waals surface area contributed by atoms with Gasteiger partial charge in [0.05, 0.1) is 6.61 Å². The number of carbonyl (C=O) groups excluding carboxylic acids is 1. The fourth-order valence-electron chi connectivity index (χ4n) is 3.32. The topological polar surface area (TPSA) is 54.0 Å². The van der Waals surface area contributed by atoms with Gasteiger partial charge in [-0.2, -0.15) is 0 Å². The number of ether oxygens (including phenoxy) is 4. The molecular formula is C20H38O5. The van der Waals surface area contributed by atoms with Crippen molar-refractivity contribution in [3.8, 4) is 0 Å². The van der Waals surface area contributed by atoms with Crippen molar-refractivity contribution in [3.63, 3.8) is 0 Å². The van der Waals surface area contributed by atoms with Gasteiger partial charge in [-0.05, 0) is 18.8 Å². The number of unbranched alkanes of at least 4 members (excludes halogenated alkanes) is 4. The van der Waals surface area contributed by atoms with E-state index in [-0.39, 0.29) is 5.92 Å². The Labute approximate surface area is 154 Å². The van der Waals surface area contributed by atoms with E-state index in [1.54, 1.807) is 21.3 Å². The van der Waals surface area contributed by atoms with Gasteiger partial charge in [-0.1, -0.05) is 59.0 Å². The lowest BCUT2D eigenvalue weighted by atomic mass is 9.83. The molecule has 0 fully saturated rings. The third-order valence-corrected chi connectivity index (χ3v) is 4.83. The largest absolute Gasteiger partial charge is 0.463 e. The highest BCUT2D eigenvalue weighted by molar-refractivity contribution is 5.81. The second-order valence-electron chi connectivity index (χ2n) is 6.52. The molecule has 0 aliphatic heterocycles. The van der Waals surface area contributed by atoms with Gasteiger partial charge in [-0.25, -0.2) is 4.79 Å². The molecule has 0 aromatic rings. The van der Waals surface area contributed by atoms with Gasteiger partial charge in [0.15, 0.2) is 0 Å². The predicted octanol–water partition coefficient (Wildman–Crippen LogP) is 4.70. The highest BCUT2D eigenvalue weighted by atomic mass is 16.9. The van der Waals surface area contributed by atoms with Crippen LogP contribution in [0.5, 0.6) is 0 Å². The summed E-state index contributed by atoms with van der Waals surface area (Å²) in [5.74, 6) is -1.03. The summed E-state index contributed by atoms with van der Waals surface area (Å²) in [6.45, 7) is 8.20. The lowest BCUT2D eigenvalue weighted by Gasteiger charge is -2.39. The SMILES string of the molecule is C=CC(=O)OCCCC(C(C)CCCCCCC)C(OC)(OC)OC. The molecule has 5 heteroatoms. The summed E-state index contributed by atoms with van der Waals surface area (Å²) in [5, 5.41) is 0. The molecular weight excluding hydrogens is 320 g/mol. The number of carbonyl (C=O) groups is 1. The molecule has 5 nitrogen and oxygen atoms in total. The van der Waals surface area contributed by atoms with Crippen LogP contribution in [0, 0.1) is 11.8 Å². The summed E-state index contributed by atoms with van der Waals surface area (Å²) in [7, 11) is 4.81. The van der Waals surface area contributed by atoms with Crippen LogP contribution in [0.3, 0.4) is 0 Å². The Morgan fingerprint density at radius 2 is 1.60 bits per heavy atom. The molecule has 0 bridgehead atoms. The molecule has 0 N–H and O–H groups in total. The fraction of sp³-hybridized carbons (Fsp3) is 0.850. The van der Waals surface area contributed by atoms with E-state index in [1.165, 1.54) is 38.2 Å². The van der Waals surface area contributed by atoms with Crippen molar-refractivity contribution in [2.75, 3.05) is 27.9 Å². The van der Waals surface area contributed by atoms with E-state index in [4.69, 9.17) is 18.9 Å². The zero-order valence-corrected chi connectivity index (χ0v) is 16.8. The monoisotopic (exact) mass is 358 g/mol. The van der Waals surface area contributed by atoms with E-state index in [0.29, 0.717) is 12.5 Å². The van der Waals surface area contributed by atoms with Crippen molar-refractivity contribution in [2.45, 2.75) is 71.2 Å². The van der Waals surface area contributed by atoms with Crippen molar-refractivity contribution in [2.24, 2.45) is 11.8 Å². The molecule has 0 saturated carbocycles. The third-order valence-electron chi connectivity index (χ3n) is 4.83. The van der Waals surface area contributed by atoms with E-state index in [0.717, 1.165) is 19.3 Å². The zero-order chi connectivity index (χ0) is 19.1. The number of hydrogen-bond donors (Lipinski definition) is 0. The molecule has 0 aliphatic rings. The average molecular weight is 359 g/mol. The molecule has 0 spiro atoms. The van der Waals surface area contributed by atoms with Gasteiger partial charge >= 0.3 is 5.97 Å². The first-order valence-corrected chi connectivity index (χ1v) is 9.45. The Morgan fingerprint density at radius 1 is 1.00 bits per heavy atom. The van der Waals surface area contributed by atoms with Gasteiger partial charge in [-0.3, -0.25) is 0 Å². The van der Waals surface area contributed by atoms with Crippen molar-refractivity contribution < 1.29 is 23.7 Å². The maximum atomic E-state index is 11.2. The van der Waals surface area contributed by atoms with Crippen molar-refractivity contribution in [1.29, 1.82) is 0 Å². The molecule has 0 aliphatic carbocycles. The van der Waals surface area contributed by atoms with Crippen molar-refractivity contribution >= 4 is 5.97 Å². The van der Waals surface area contributed by atoms with Gasteiger partial charge in [0.2, 0.25) is 0 Å². The van der Waals surface area contributed by atoms with Crippen LogP contribution < -0.4 is 0 Å². The molecule has 2 atom stereocenters. The summed E-state index contributed by atoms with van der Waals surface area (Å²) < 4.78 is 21.9. The van der Waals surface area contributed by atoms with Crippen LogP contribution in [-0.2, 0) is 23.7 Å². The first-order chi connectivity index (χ1) is 12.0. The fourth-order valence-corrected chi connectivity index (χ4v) is 3.32. The van der Waals surface area contributed by atoms with E-state index >= 15 is 0 Å². The Hall–Kier alpha value is -0.910. The molecule has 148 valence electrons. The lowest BCUT2D eigenvalue weighted by Crippen LogP contribution is -2.46. The second-order valence-corrected chi connectivity index (χ2v) is 6.52. The van der Waals surface area contributed by atoms with Crippen LogP contribution in [0.25, 0.3) is 0 Å². The molecule has 0 aromatic carbocycles. The highest BCUT2D eigenvalue weighted by Gasteiger charge is 2.42. The normalized spacial score (nSPS) is 14.1. The quantitative estimate of drug-likeness (QED) is 0.173. The van der Waals surface area contributed by atoms with Crippen molar-refractivity contribution in [3.05, 3.63) is 12.7 Å². The molecule has 0 radical (unpaired) electrons. The third kappa shape index (κ3) is 8.84. The maximum Gasteiger partial charge on any atom is 0.330 e. The smallest absolute Gasteiger partial charge is 0.330 e. The van der Waals surface area contributed by atoms with Crippen LogP contribution in [0.2, 0.25) is 0 Å².